The molecule has 0 amide bonds. The second-order valence-electron chi connectivity index (χ2n) is 5.29. The summed E-state index contributed by atoms with van der Waals surface area (Å²) in [4.78, 5) is 13.1. The molecule has 3 heterocycles. The van der Waals surface area contributed by atoms with Crippen LogP contribution in [0.15, 0.2) is 54.0 Å². The Morgan fingerprint density at radius 2 is 1.96 bits per heavy atom. The standard InChI is InChI=1S/C17H13FN6S/c18-12-5-2-1-4-11(12)10-24-16(17-20-8-9-25-17)22-15(23-24)13-6-3-7-14(19)21-13/h1-9H,10H2,(H2,19,21). The van der Waals surface area contributed by atoms with Gasteiger partial charge >= 0.3 is 0 Å². The van der Waals surface area contributed by atoms with Crippen LogP contribution < -0.4 is 5.73 Å². The lowest BCUT2D eigenvalue weighted by Crippen LogP contribution is -2.06. The minimum atomic E-state index is -0.285. The molecule has 0 fully saturated rings. The maximum atomic E-state index is 14.0. The number of pyridine rings is 1. The lowest BCUT2D eigenvalue weighted by atomic mass is 10.2. The molecule has 0 unspecified atom stereocenters. The summed E-state index contributed by atoms with van der Waals surface area (Å²) in [5.74, 6) is 1.09. The van der Waals surface area contributed by atoms with Crippen LogP contribution in [0.3, 0.4) is 0 Å². The van der Waals surface area contributed by atoms with Crippen LogP contribution in [0.4, 0.5) is 10.2 Å². The number of hydrogen-bond acceptors (Lipinski definition) is 6. The molecule has 0 aliphatic rings. The Balaban J connectivity index is 1.80. The number of anilines is 1. The van der Waals surface area contributed by atoms with Gasteiger partial charge in [-0.1, -0.05) is 24.3 Å². The summed E-state index contributed by atoms with van der Waals surface area (Å²) >= 11 is 1.44. The smallest absolute Gasteiger partial charge is 0.200 e. The first-order valence-corrected chi connectivity index (χ1v) is 8.40. The highest BCUT2D eigenvalue weighted by atomic mass is 32.1. The second-order valence-corrected chi connectivity index (χ2v) is 6.19. The Hall–Kier alpha value is -3.13. The summed E-state index contributed by atoms with van der Waals surface area (Å²) in [5.41, 5.74) is 6.83. The maximum absolute atomic E-state index is 14.0. The van der Waals surface area contributed by atoms with Gasteiger partial charge in [-0.25, -0.2) is 24.0 Å². The molecule has 0 radical (unpaired) electrons. The lowest BCUT2D eigenvalue weighted by Gasteiger charge is -2.05. The molecular formula is C17H13FN6S. The van der Waals surface area contributed by atoms with Gasteiger partial charge in [0.05, 0.1) is 6.54 Å². The zero-order valence-corrected chi connectivity index (χ0v) is 13.8. The van der Waals surface area contributed by atoms with Crippen molar-refractivity contribution >= 4 is 17.2 Å². The summed E-state index contributed by atoms with van der Waals surface area (Å²) in [6.07, 6.45) is 1.69. The monoisotopic (exact) mass is 352 g/mol. The van der Waals surface area contributed by atoms with Crippen molar-refractivity contribution in [3.05, 3.63) is 65.4 Å². The summed E-state index contributed by atoms with van der Waals surface area (Å²) in [6.45, 7) is 0.247. The molecule has 3 aromatic heterocycles. The molecule has 124 valence electrons. The van der Waals surface area contributed by atoms with E-state index in [1.54, 1.807) is 47.3 Å². The van der Waals surface area contributed by atoms with Gasteiger partial charge in [0.1, 0.15) is 17.3 Å². The van der Waals surface area contributed by atoms with Crippen LogP contribution in [0.2, 0.25) is 0 Å². The molecular weight excluding hydrogens is 339 g/mol. The van der Waals surface area contributed by atoms with Gasteiger partial charge in [-0.3, -0.25) is 0 Å². The van der Waals surface area contributed by atoms with Gasteiger partial charge in [0.2, 0.25) is 5.82 Å². The fourth-order valence-electron chi connectivity index (χ4n) is 2.42. The molecule has 0 aliphatic carbocycles. The van der Waals surface area contributed by atoms with Crippen molar-refractivity contribution in [3.8, 4) is 22.4 Å². The van der Waals surface area contributed by atoms with Crippen molar-refractivity contribution in [1.82, 2.24) is 24.7 Å². The van der Waals surface area contributed by atoms with E-state index in [0.717, 1.165) is 0 Å². The van der Waals surface area contributed by atoms with Crippen LogP contribution >= 0.6 is 11.3 Å². The van der Waals surface area contributed by atoms with E-state index in [2.05, 4.69) is 20.1 Å². The Morgan fingerprint density at radius 3 is 2.72 bits per heavy atom. The first-order chi connectivity index (χ1) is 12.2. The highest BCUT2D eigenvalue weighted by molar-refractivity contribution is 7.13. The van der Waals surface area contributed by atoms with E-state index in [1.165, 1.54) is 17.4 Å². The summed E-state index contributed by atoms with van der Waals surface area (Å²) in [6, 6.07) is 11.9. The number of hydrogen-bond donors (Lipinski definition) is 1. The second kappa shape index (κ2) is 6.40. The number of thiazole rings is 1. The van der Waals surface area contributed by atoms with Crippen LogP contribution in [-0.4, -0.2) is 24.7 Å². The molecule has 1 aromatic carbocycles. The summed E-state index contributed by atoms with van der Waals surface area (Å²) < 4.78 is 15.7. The topological polar surface area (TPSA) is 82.5 Å². The first kappa shape index (κ1) is 15.4. The molecule has 2 N–H and O–H groups in total. The third-order valence-corrected chi connectivity index (χ3v) is 4.34. The fraction of sp³-hybridized carbons (Fsp3) is 0.0588. The quantitative estimate of drug-likeness (QED) is 0.610. The van der Waals surface area contributed by atoms with Crippen LogP contribution in [0.1, 0.15) is 5.56 Å². The number of halogens is 1. The van der Waals surface area contributed by atoms with E-state index < -0.39 is 0 Å². The molecule has 8 heteroatoms. The highest BCUT2D eigenvalue weighted by Crippen LogP contribution is 2.24. The normalized spacial score (nSPS) is 10.9. The molecule has 0 atom stereocenters. The van der Waals surface area contributed by atoms with Gasteiger partial charge in [0.15, 0.2) is 10.8 Å². The minimum absolute atomic E-state index is 0.247. The molecule has 4 aromatic rings. The summed E-state index contributed by atoms with van der Waals surface area (Å²) in [5, 5.41) is 7.07. The van der Waals surface area contributed by atoms with Crippen LogP contribution in [0.25, 0.3) is 22.4 Å². The highest BCUT2D eigenvalue weighted by Gasteiger charge is 2.17. The Morgan fingerprint density at radius 1 is 1.08 bits per heavy atom. The van der Waals surface area contributed by atoms with Gasteiger partial charge < -0.3 is 5.73 Å². The minimum Gasteiger partial charge on any atom is -0.384 e. The zero-order chi connectivity index (χ0) is 17.2. The van der Waals surface area contributed by atoms with Gasteiger partial charge in [-0.05, 0) is 18.2 Å². The molecule has 6 nitrogen and oxygen atoms in total. The van der Waals surface area contributed by atoms with Crippen LogP contribution in [0.5, 0.6) is 0 Å². The molecule has 4 rings (SSSR count). The van der Waals surface area contributed by atoms with Crippen molar-refractivity contribution in [2.45, 2.75) is 6.54 Å². The average molecular weight is 352 g/mol. The van der Waals surface area contributed by atoms with E-state index in [0.29, 0.717) is 33.7 Å². The lowest BCUT2D eigenvalue weighted by molar-refractivity contribution is 0.587. The molecule has 0 saturated heterocycles. The van der Waals surface area contributed by atoms with Crippen molar-refractivity contribution in [2.75, 3.05) is 5.73 Å². The number of nitrogens with two attached hydrogens (primary N) is 1. The van der Waals surface area contributed by atoms with Crippen LogP contribution in [0, 0.1) is 5.82 Å². The largest absolute Gasteiger partial charge is 0.384 e. The first-order valence-electron chi connectivity index (χ1n) is 7.52. The van der Waals surface area contributed by atoms with Crippen molar-refractivity contribution in [2.24, 2.45) is 0 Å². The predicted octanol–water partition coefficient (Wildman–Crippen LogP) is 3.23. The van der Waals surface area contributed by atoms with Gasteiger partial charge in [-0.15, -0.1) is 16.4 Å². The molecule has 25 heavy (non-hydrogen) atoms. The van der Waals surface area contributed by atoms with Crippen molar-refractivity contribution in [3.63, 3.8) is 0 Å². The van der Waals surface area contributed by atoms with Crippen LogP contribution in [-0.2, 0) is 6.54 Å². The third-order valence-electron chi connectivity index (χ3n) is 3.57. The van der Waals surface area contributed by atoms with Gasteiger partial charge in [0, 0.05) is 17.1 Å². The Kier molecular flexibility index (Phi) is 3.95. The van der Waals surface area contributed by atoms with Gasteiger partial charge in [0.25, 0.3) is 0 Å². The summed E-state index contributed by atoms with van der Waals surface area (Å²) in [7, 11) is 0. The van der Waals surface area contributed by atoms with E-state index in [-0.39, 0.29) is 12.4 Å². The van der Waals surface area contributed by atoms with E-state index in [1.807, 2.05) is 5.38 Å². The number of nitrogen functional groups attached to an aromatic ring is 1. The molecule has 0 spiro atoms. The van der Waals surface area contributed by atoms with Crippen molar-refractivity contribution < 1.29 is 4.39 Å². The Labute approximate surface area is 146 Å². The predicted molar refractivity (Wildman–Crippen MR) is 94.3 cm³/mol. The zero-order valence-electron chi connectivity index (χ0n) is 13.0. The van der Waals surface area contributed by atoms with E-state index in [4.69, 9.17) is 5.73 Å². The van der Waals surface area contributed by atoms with Crippen molar-refractivity contribution in [1.29, 1.82) is 0 Å². The van der Waals surface area contributed by atoms with E-state index >= 15 is 0 Å². The van der Waals surface area contributed by atoms with E-state index in [9.17, 15) is 4.39 Å². The number of benzene rings is 1. The molecule has 0 aliphatic heterocycles. The SMILES string of the molecule is Nc1cccc(-c2nc(-c3nccs3)n(Cc3ccccc3F)n2)n1. The molecule has 0 bridgehead atoms. The Bertz CT molecular complexity index is 1010. The number of nitrogens with zero attached hydrogens (tertiary/aromatic N) is 5. The number of aromatic nitrogens is 5. The number of rotatable bonds is 4. The van der Waals surface area contributed by atoms with Gasteiger partial charge in [-0.2, -0.15) is 0 Å². The fourth-order valence-corrected chi connectivity index (χ4v) is 3.05. The third kappa shape index (κ3) is 3.11. The average Bonchev–Trinajstić information content (AvgIpc) is 3.26. The maximum Gasteiger partial charge on any atom is 0.200 e. The molecule has 0 saturated carbocycles.